The highest BCUT2D eigenvalue weighted by Crippen LogP contribution is 2.23. The van der Waals surface area contributed by atoms with Crippen molar-refractivity contribution >= 4 is 21.7 Å². The van der Waals surface area contributed by atoms with E-state index >= 15 is 0 Å². The predicted octanol–water partition coefficient (Wildman–Crippen LogP) is 2.42. The van der Waals surface area contributed by atoms with E-state index in [9.17, 15) is 21.6 Å². The predicted molar refractivity (Wildman–Crippen MR) is 94.8 cm³/mol. The zero-order chi connectivity index (χ0) is 20.1. The topological polar surface area (TPSA) is 106 Å². The summed E-state index contributed by atoms with van der Waals surface area (Å²) in [5.41, 5.74) is 6.77. The summed E-state index contributed by atoms with van der Waals surface area (Å²) in [6, 6.07) is 11.2. The number of nitrogens with two attached hydrogens (primary N) is 1. The number of ether oxygens (including phenoxy) is 1. The van der Waals surface area contributed by atoms with Crippen molar-refractivity contribution < 1.29 is 26.3 Å². The van der Waals surface area contributed by atoms with Crippen LogP contribution in [0.4, 0.5) is 18.9 Å². The van der Waals surface area contributed by atoms with Gasteiger partial charge in [0, 0.05) is 5.69 Å². The fourth-order valence-corrected chi connectivity index (χ4v) is 2.83. The summed E-state index contributed by atoms with van der Waals surface area (Å²) < 4.78 is 65.9. The van der Waals surface area contributed by atoms with Crippen molar-refractivity contribution in [1.82, 2.24) is 4.72 Å². The average molecular weight is 402 g/mol. The van der Waals surface area contributed by atoms with Crippen molar-refractivity contribution in [2.45, 2.75) is 17.8 Å². The van der Waals surface area contributed by atoms with Crippen LogP contribution in [0.2, 0.25) is 0 Å². The molecule has 0 atom stereocenters. The molecule has 27 heavy (non-hydrogen) atoms. The van der Waals surface area contributed by atoms with E-state index in [0.29, 0.717) is 11.3 Å². The average Bonchev–Trinajstić information content (AvgIpc) is 2.61. The molecule has 0 fully saturated rings. The van der Waals surface area contributed by atoms with Gasteiger partial charge >= 0.3 is 6.36 Å². The molecule has 0 bridgehead atoms. The highest BCUT2D eigenvalue weighted by molar-refractivity contribution is 7.89. The van der Waals surface area contributed by atoms with Gasteiger partial charge < -0.3 is 15.8 Å². The molecule has 2 rings (SSSR count). The van der Waals surface area contributed by atoms with Gasteiger partial charge in [0.15, 0.2) is 5.96 Å². The van der Waals surface area contributed by atoms with E-state index in [-0.39, 0.29) is 23.1 Å². The maximum absolute atomic E-state index is 12.1. The lowest BCUT2D eigenvalue weighted by molar-refractivity contribution is -0.274. The minimum atomic E-state index is -4.76. The molecule has 0 amide bonds. The number of rotatable bonds is 6. The molecule has 4 N–H and O–H groups in total. The molecular formula is C16H17F3N4O3S. The molecule has 0 spiro atoms. The van der Waals surface area contributed by atoms with E-state index in [1.807, 2.05) is 0 Å². The largest absolute Gasteiger partial charge is 0.573 e. The van der Waals surface area contributed by atoms with Gasteiger partial charge in [0.1, 0.15) is 5.75 Å². The van der Waals surface area contributed by atoms with Crippen LogP contribution in [0, 0.1) is 0 Å². The highest BCUT2D eigenvalue weighted by Gasteiger charge is 2.30. The van der Waals surface area contributed by atoms with Crippen LogP contribution in [-0.2, 0) is 16.6 Å². The molecule has 0 radical (unpaired) electrons. The molecule has 2 aromatic rings. The molecule has 0 heterocycles. The van der Waals surface area contributed by atoms with Crippen LogP contribution in [0.15, 0.2) is 58.4 Å². The fraction of sp³-hybridized carbons (Fsp3) is 0.188. The molecule has 11 heteroatoms. The van der Waals surface area contributed by atoms with E-state index in [2.05, 4.69) is 19.8 Å². The lowest BCUT2D eigenvalue weighted by atomic mass is 10.2. The molecule has 0 aliphatic carbocycles. The van der Waals surface area contributed by atoms with Crippen molar-refractivity contribution in [3.05, 3.63) is 54.1 Å². The van der Waals surface area contributed by atoms with Gasteiger partial charge in [-0.15, -0.1) is 13.2 Å². The maximum atomic E-state index is 12.1. The summed E-state index contributed by atoms with van der Waals surface area (Å²) in [5, 5.41) is 2.72. The molecular weight excluding hydrogens is 385 g/mol. The first kappa shape index (κ1) is 20.5. The molecule has 146 valence electrons. The molecule has 0 unspecified atom stereocenters. The van der Waals surface area contributed by atoms with E-state index in [1.54, 1.807) is 12.1 Å². The van der Waals surface area contributed by atoms with Crippen LogP contribution in [0.3, 0.4) is 0 Å². The van der Waals surface area contributed by atoms with Gasteiger partial charge in [-0.1, -0.05) is 12.1 Å². The van der Waals surface area contributed by atoms with E-state index in [0.717, 1.165) is 12.1 Å². The number of alkyl halides is 3. The second-order valence-electron chi connectivity index (χ2n) is 5.25. The number of anilines is 1. The summed E-state index contributed by atoms with van der Waals surface area (Å²) in [5.74, 6) is -0.340. The Balaban J connectivity index is 2.01. The van der Waals surface area contributed by atoms with Crippen molar-refractivity contribution in [2.75, 3.05) is 12.4 Å². The zero-order valence-corrected chi connectivity index (χ0v) is 14.9. The van der Waals surface area contributed by atoms with Crippen LogP contribution >= 0.6 is 0 Å². The highest BCUT2D eigenvalue weighted by atomic mass is 32.2. The third-order valence-electron chi connectivity index (χ3n) is 3.27. The number of nitrogens with zero attached hydrogens (tertiary/aromatic N) is 1. The van der Waals surface area contributed by atoms with Gasteiger partial charge in [0.2, 0.25) is 10.0 Å². The van der Waals surface area contributed by atoms with Crippen LogP contribution in [0.1, 0.15) is 5.56 Å². The second kappa shape index (κ2) is 8.27. The number of hydrogen-bond donors (Lipinski definition) is 3. The van der Waals surface area contributed by atoms with Crippen LogP contribution in [0.25, 0.3) is 0 Å². The van der Waals surface area contributed by atoms with Gasteiger partial charge in [-0.25, -0.2) is 18.1 Å². The van der Waals surface area contributed by atoms with Crippen LogP contribution in [0.5, 0.6) is 5.75 Å². The van der Waals surface area contributed by atoms with Crippen molar-refractivity contribution in [1.29, 1.82) is 0 Å². The zero-order valence-electron chi connectivity index (χ0n) is 14.1. The van der Waals surface area contributed by atoms with Crippen molar-refractivity contribution in [2.24, 2.45) is 10.7 Å². The van der Waals surface area contributed by atoms with Crippen molar-refractivity contribution in [3.63, 3.8) is 0 Å². The number of halogens is 3. The van der Waals surface area contributed by atoms with Gasteiger partial charge in [-0.2, -0.15) is 0 Å². The van der Waals surface area contributed by atoms with Gasteiger partial charge in [-0.05, 0) is 49.0 Å². The Hall–Kier alpha value is -2.79. The lowest BCUT2D eigenvalue weighted by Gasteiger charge is -2.10. The Kier molecular flexibility index (Phi) is 6.28. The Morgan fingerprint density at radius 1 is 1.19 bits per heavy atom. The number of aliphatic imine (C=N–C) groups is 1. The SMILES string of the molecule is CNS(=O)(=O)c1cccc(CN=C(N)Nc2ccc(OC(F)(F)F)cc2)c1. The van der Waals surface area contributed by atoms with Crippen LogP contribution < -0.4 is 20.5 Å². The summed E-state index contributed by atoms with van der Waals surface area (Å²) in [4.78, 5) is 4.18. The Bertz CT molecular complexity index is 913. The minimum Gasteiger partial charge on any atom is -0.406 e. The minimum absolute atomic E-state index is 0.0152. The Morgan fingerprint density at radius 3 is 2.44 bits per heavy atom. The number of nitrogens with one attached hydrogen (secondary N) is 2. The third kappa shape index (κ3) is 6.46. The Labute approximate surface area is 154 Å². The van der Waals surface area contributed by atoms with E-state index in [1.165, 1.54) is 31.3 Å². The fourth-order valence-electron chi connectivity index (χ4n) is 2.03. The number of guanidine groups is 1. The molecule has 0 aromatic heterocycles. The number of hydrogen-bond acceptors (Lipinski definition) is 4. The first-order chi connectivity index (χ1) is 12.6. The van der Waals surface area contributed by atoms with Gasteiger partial charge in [0.05, 0.1) is 11.4 Å². The molecule has 0 saturated heterocycles. The standard InChI is InChI=1S/C16H17F3N4O3S/c1-21-27(24,25)14-4-2-3-11(9-14)10-22-15(20)23-12-5-7-13(8-6-12)26-16(17,18)19/h2-9,21H,10H2,1H3,(H3,20,22,23). The van der Waals surface area contributed by atoms with Crippen molar-refractivity contribution in [3.8, 4) is 5.75 Å². The van der Waals surface area contributed by atoms with Gasteiger partial charge in [0.25, 0.3) is 0 Å². The molecule has 0 saturated carbocycles. The second-order valence-corrected chi connectivity index (χ2v) is 7.14. The summed E-state index contributed by atoms with van der Waals surface area (Å²) >= 11 is 0. The van der Waals surface area contributed by atoms with E-state index < -0.39 is 16.4 Å². The van der Waals surface area contributed by atoms with Gasteiger partial charge in [-0.3, -0.25) is 0 Å². The first-order valence-electron chi connectivity index (χ1n) is 7.54. The normalized spacial score (nSPS) is 12.7. The van der Waals surface area contributed by atoms with E-state index in [4.69, 9.17) is 5.73 Å². The smallest absolute Gasteiger partial charge is 0.406 e. The summed E-state index contributed by atoms with van der Waals surface area (Å²) in [6.45, 7) is 0.112. The van der Waals surface area contributed by atoms with Crippen LogP contribution in [-0.4, -0.2) is 27.8 Å². The number of sulfonamides is 1. The third-order valence-corrected chi connectivity index (χ3v) is 4.68. The monoisotopic (exact) mass is 402 g/mol. The first-order valence-corrected chi connectivity index (χ1v) is 9.02. The maximum Gasteiger partial charge on any atom is 0.573 e. The summed E-state index contributed by atoms with van der Waals surface area (Å²) in [7, 11) is -2.25. The summed E-state index contributed by atoms with van der Waals surface area (Å²) in [6.07, 6.45) is -4.76. The molecule has 2 aromatic carbocycles. The lowest BCUT2D eigenvalue weighted by Crippen LogP contribution is -2.22. The molecule has 7 nitrogen and oxygen atoms in total. The quantitative estimate of drug-likeness (QED) is 0.508. The Morgan fingerprint density at radius 2 is 1.85 bits per heavy atom. The molecule has 0 aliphatic rings. The number of benzene rings is 2. The molecule has 0 aliphatic heterocycles.